The summed E-state index contributed by atoms with van der Waals surface area (Å²) in [4.78, 5) is 17.8. The lowest BCUT2D eigenvalue weighted by molar-refractivity contribution is -0.383. The minimum atomic E-state index is -0.243. The van der Waals surface area contributed by atoms with Crippen molar-refractivity contribution >= 4 is 16.6 Å². The maximum Gasteiger partial charge on any atom is 0.279 e. The number of nitro benzene ring substituents is 1. The van der Waals surface area contributed by atoms with Crippen molar-refractivity contribution in [3.05, 3.63) is 105 Å². The van der Waals surface area contributed by atoms with Crippen LogP contribution in [0.5, 0.6) is 5.75 Å². The minimum absolute atomic E-state index is 0.0273. The van der Waals surface area contributed by atoms with Gasteiger partial charge in [-0.1, -0.05) is 48.5 Å². The summed E-state index contributed by atoms with van der Waals surface area (Å²) in [6, 6.07) is 24.6. The van der Waals surface area contributed by atoms with Gasteiger partial charge in [0.25, 0.3) is 5.69 Å². The Morgan fingerprint density at radius 2 is 1.94 bits per heavy atom. The van der Waals surface area contributed by atoms with Gasteiger partial charge in [0.05, 0.1) is 22.9 Å². The molecule has 4 aromatic rings. The average Bonchev–Trinajstić information content (AvgIpc) is 3.28. The van der Waals surface area contributed by atoms with E-state index in [9.17, 15) is 10.1 Å². The monoisotopic (exact) mass is 481 g/mol. The fraction of sp³-hybridized carbons (Fsp3) is 0.333. The van der Waals surface area contributed by atoms with Crippen LogP contribution in [-0.4, -0.2) is 41.6 Å². The lowest BCUT2D eigenvalue weighted by atomic mass is 9.58. The second-order valence-electron chi connectivity index (χ2n) is 10.3. The van der Waals surface area contributed by atoms with Gasteiger partial charge in [0.2, 0.25) is 0 Å². The number of H-pyrrole nitrogens is 1. The number of aromatic amines is 1. The van der Waals surface area contributed by atoms with Gasteiger partial charge in [-0.25, -0.2) is 0 Å². The van der Waals surface area contributed by atoms with E-state index in [0.717, 1.165) is 73.2 Å². The number of hydrogen-bond donors (Lipinski definition) is 1. The molecule has 184 valence electrons. The molecule has 1 aromatic heterocycles. The van der Waals surface area contributed by atoms with E-state index in [4.69, 9.17) is 4.74 Å². The molecule has 1 saturated heterocycles. The molecule has 1 unspecified atom stereocenters. The van der Waals surface area contributed by atoms with Crippen LogP contribution in [-0.2, 0) is 24.7 Å². The summed E-state index contributed by atoms with van der Waals surface area (Å²) >= 11 is 0. The highest BCUT2D eigenvalue weighted by molar-refractivity contribution is 5.93. The molecule has 6 rings (SSSR count). The van der Waals surface area contributed by atoms with Crippen molar-refractivity contribution < 1.29 is 9.66 Å². The first kappa shape index (κ1) is 22.8. The Bertz CT molecular complexity index is 1410. The molecular formula is C30H31N3O3. The van der Waals surface area contributed by atoms with Crippen LogP contribution < -0.4 is 4.74 Å². The molecule has 2 atom stereocenters. The van der Waals surface area contributed by atoms with Crippen LogP contribution in [0.25, 0.3) is 10.9 Å². The molecule has 6 heteroatoms. The Morgan fingerprint density at radius 1 is 1.11 bits per heavy atom. The molecule has 36 heavy (non-hydrogen) atoms. The van der Waals surface area contributed by atoms with Crippen molar-refractivity contribution in [2.24, 2.45) is 5.92 Å². The molecule has 1 fully saturated rings. The lowest BCUT2D eigenvalue weighted by Gasteiger charge is -2.51. The molecule has 0 radical (unpaired) electrons. The number of methoxy groups -OCH3 is 1. The number of rotatable bonds is 6. The van der Waals surface area contributed by atoms with Gasteiger partial charge in [-0.3, -0.25) is 10.1 Å². The number of non-ortho nitro benzene ring substituents is 1. The van der Waals surface area contributed by atoms with Crippen molar-refractivity contribution in [3.63, 3.8) is 0 Å². The van der Waals surface area contributed by atoms with E-state index in [1.54, 1.807) is 19.2 Å². The summed E-state index contributed by atoms with van der Waals surface area (Å²) in [5, 5.41) is 12.7. The third-order valence-corrected chi connectivity index (χ3v) is 8.47. The van der Waals surface area contributed by atoms with E-state index in [1.165, 1.54) is 11.1 Å². The van der Waals surface area contributed by atoms with Gasteiger partial charge >= 0.3 is 0 Å². The Labute approximate surface area is 211 Å². The molecule has 3 aromatic carbocycles. The Hall–Kier alpha value is -3.64. The molecule has 2 aliphatic rings. The highest BCUT2D eigenvalue weighted by Gasteiger charge is 2.48. The standard InChI is InChI=1S/C30H31N3O3/c1-36-24-10-5-9-22(17-24)30-14-16-32(15-13-21-7-3-2-4-8-21)20-23(30)18-25-27(19-30)31-26-11-6-12-28(29(25)26)33(34)35/h2-12,17,23,31H,13-16,18-20H2,1H3/t23?,30-/m1/s1. The summed E-state index contributed by atoms with van der Waals surface area (Å²) in [5.41, 5.74) is 6.00. The van der Waals surface area contributed by atoms with Crippen LogP contribution in [0.2, 0.25) is 0 Å². The predicted molar refractivity (Wildman–Crippen MR) is 142 cm³/mol. The van der Waals surface area contributed by atoms with E-state index in [0.29, 0.717) is 5.92 Å². The Balaban J connectivity index is 1.39. The maximum atomic E-state index is 11.9. The molecule has 0 bridgehead atoms. The average molecular weight is 482 g/mol. The van der Waals surface area contributed by atoms with Crippen LogP contribution in [0, 0.1) is 16.0 Å². The number of likely N-dealkylation sites (tertiary alicyclic amines) is 1. The van der Waals surface area contributed by atoms with E-state index >= 15 is 0 Å². The van der Waals surface area contributed by atoms with Gasteiger partial charge < -0.3 is 14.6 Å². The summed E-state index contributed by atoms with van der Waals surface area (Å²) in [5.74, 6) is 1.24. The second-order valence-corrected chi connectivity index (χ2v) is 10.3. The number of piperidine rings is 1. The Morgan fingerprint density at radius 3 is 2.75 bits per heavy atom. The van der Waals surface area contributed by atoms with Crippen molar-refractivity contribution in [2.75, 3.05) is 26.7 Å². The van der Waals surface area contributed by atoms with Gasteiger partial charge in [-0.2, -0.15) is 0 Å². The van der Waals surface area contributed by atoms with Gasteiger partial charge in [0, 0.05) is 30.3 Å². The molecule has 0 amide bonds. The fourth-order valence-electron chi connectivity index (χ4n) is 6.62. The van der Waals surface area contributed by atoms with Gasteiger partial charge in [0.1, 0.15) is 5.75 Å². The SMILES string of the molecule is COc1cccc([C@]23CCN(CCc4ccccc4)CC2Cc2c([nH]c4cccc([N+](=O)[O-])c24)C3)c1. The van der Waals surface area contributed by atoms with Gasteiger partial charge in [-0.15, -0.1) is 0 Å². The van der Waals surface area contributed by atoms with Crippen LogP contribution in [0.1, 0.15) is 28.8 Å². The Kier molecular flexibility index (Phi) is 5.76. The molecule has 2 heterocycles. The van der Waals surface area contributed by atoms with E-state index in [2.05, 4.69) is 58.4 Å². The summed E-state index contributed by atoms with van der Waals surface area (Å²) in [6.07, 6.45) is 3.78. The van der Waals surface area contributed by atoms with Crippen LogP contribution in [0.15, 0.2) is 72.8 Å². The molecule has 1 N–H and O–H groups in total. The zero-order valence-electron chi connectivity index (χ0n) is 20.6. The highest BCUT2D eigenvalue weighted by Crippen LogP contribution is 2.50. The topological polar surface area (TPSA) is 71.4 Å². The minimum Gasteiger partial charge on any atom is -0.497 e. The number of nitrogens with zero attached hydrogens (tertiary/aromatic N) is 2. The third kappa shape index (κ3) is 3.86. The lowest BCUT2D eigenvalue weighted by Crippen LogP contribution is -2.54. The largest absolute Gasteiger partial charge is 0.497 e. The van der Waals surface area contributed by atoms with Gasteiger partial charge in [0.15, 0.2) is 0 Å². The number of aromatic nitrogens is 1. The molecule has 1 aliphatic carbocycles. The number of hydrogen-bond acceptors (Lipinski definition) is 4. The zero-order chi connectivity index (χ0) is 24.7. The number of ether oxygens (including phenoxy) is 1. The van der Waals surface area contributed by atoms with Crippen LogP contribution in [0.4, 0.5) is 5.69 Å². The molecule has 1 aliphatic heterocycles. The first-order valence-electron chi connectivity index (χ1n) is 12.7. The van der Waals surface area contributed by atoms with Gasteiger partial charge in [-0.05, 0) is 73.0 Å². The number of nitro groups is 1. The van der Waals surface area contributed by atoms with E-state index in [-0.39, 0.29) is 16.0 Å². The van der Waals surface area contributed by atoms with Crippen molar-refractivity contribution in [1.29, 1.82) is 0 Å². The summed E-state index contributed by atoms with van der Waals surface area (Å²) < 4.78 is 5.60. The zero-order valence-corrected chi connectivity index (χ0v) is 20.6. The molecule has 6 nitrogen and oxygen atoms in total. The van der Waals surface area contributed by atoms with Crippen molar-refractivity contribution in [1.82, 2.24) is 9.88 Å². The normalized spacial score (nSPS) is 21.6. The smallest absolute Gasteiger partial charge is 0.279 e. The predicted octanol–water partition coefficient (Wildman–Crippen LogP) is 5.69. The van der Waals surface area contributed by atoms with E-state index in [1.807, 2.05) is 12.1 Å². The molecular weight excluding hydrogens is 450 g/mol. The van der Waals surface area contributed by atoms with Crippen molar-refractivity contribution in [3.8, 4) is 5.75 Å². The van der Waals surface area contributed by atoms with Crippen LogP contribution >= 0.6 is 0 Å². The van der Waals surface area contributed by atoms with E-state index < -0.39 is 0 Å². The number of fused-ring (bicyclic) bond motifs is 4. The quantitative estimate of drug-likeness (QED) is 0.284. The summed E-state index contributed by atoms with van der Waals surface area (Å²) in [6.45, 7) is 3.04. The first-order chi connectivity index (χ1) is 17.6. The second kappa shape index (κ2) is 9.10. The number of benzene rings is 3. The fourth-order valence-corrected chi connectivity index (χ4v) is 6.62. The highest BCUT2D eigenvalue weighted by atomic mass is 16.6. The number of nitrogens with one attached hydrogen (secondary N) is 1. The van der Waals surface area contributed by atoms with Crippen LogP contribution in [0.3, 0.4) is 0 Å². The molecule has 0 spiro atoms. The molecule has 0 saturated carbocycles. The first-order valence-corrected chi connectivity index (χ1v) is 12.7. The summed E-state index contributed by atoms with van der Waals surface area (Å²) in [7, 11) is 1.72. The third-order valence-electron chi connectivity index (χ3n) is 8.47. The van der Waals surface area contributed by atoms with Crippen molar-refractivity contribution in [2.45, 2.75) is 31.1 Å². The maximum absolute atomic E-state index is 11.9.